The third-order valence-corrected chi connectivity index (χ3v) is 4.24. The van der Waals surface area contributed by atoms with E-state index in [-0.39, 0.29) is 0 Å². The molecule has 2 aliphatic rings. The highest BCUT2D eigenvalue weighted by atomic mass is 16.5. The largest absolute Gasteiger partial charge is 0.501 e. The maximum Gasteiger partial charge on any atom is 0.118 e. The van der Waals surface area contributed by atoms with E-state index in [2.05, 4.69) is 23.5 Å². The average molecular weight is 271 g/mol. The number of ether oxygens (including phenoxy) is 2. The third-order valence-electron chi connectivity index (χ3n) is 4.24. The van der Waals surface area contributed by atoms with Crippen molar-refractivity contribution in [3.05, 3.63) is 52.9 Å². The molecule has 0 radical (unpaired) electrons. The Bertz CT molecular complexity index is 543. The molecule has 0 saturated carbocycles. The Morgan fingerprint density at radius 2 is 1.85 bits per heavy atom. The zero-order valence-electron chi connectivity index (χ0n) is 12.1. The van der Waals surface area contributed by atoms with Crippen molar-refractivity contribution < 1.29 is 9.47 Å². The molecule has 106 valence electrons. The van der Waals surface area contributed by atoms with Crippen LogP contribution < -0.4 is 10.1 Å². The standard InChI is InChI=1S/C17H21NO2/c1-19-15-6-3-12(4-7-15)14-9-13-5-8-16(20-2)10-17(13)18-11-14/h3-4,6-7,10,14,18H,5,8-9,11H2,1-2H3. The molecular formula is C17H21NO2. The van der Waals surface area contributed by atoms with Gasteiger partial charge in [0.25, 0.3) is 0 Å². The molecular weight excluding hydrogens is 250 g/mol. The summed E-state index contributed by atoms with van der Waals surface area (Å²) in [6.07, 6.45) is 5.42. The van der Waals surface area contributed by atoms with Crippen molar-refractivity contribution in [2.24, 2.45) is 0 Å². The fourth-order valence-corrected chi connectivity index (χ4v) is 3.01. The van der Waals surface area contributed by atoms with Crippen molar-refractivity contribution in [2.45, 2.75) is 25.2 Å². The first-order valence-corrected chi connectivity index (χ1v) is 7.14. The monoisotopic (exact) mass is 271 g/mol. The van der Waals surface area contributed by atoms with Gasteiger partial charge < -0.3 is 14.8 Å². The summed E-state index contributed by atoms with van der Waals surface area (Å²) in [6, 6.07) is 8.44. The van der Waals surface area contributed by atoms with E-state index in [1.54, 1.807) is 14.2 Å². The summed E-state index contributed by atoms with van der Waals surface area (Å²) in [4.78, 5) is 0. The van der Waals surface area contributed by atoms with Gasteiger partial charge in [0.05, 0.1) is 20.0 Å². The van der Waals surface area contributed by atoms with Crippen LogP contribution in [0.25, 0.3) is 0 Å². The van der Waals surface area contributed by atoms with Crippen molar-refractivity contribution >= 4 is 0 Å². The first kappa shape index (κ1) is 13.1. The summed E-state index contributed by atoms with van der Waals surface area (Å²) >= 11 is 0. The Balaban J connectivity index is 1.76. The quantitative estimate of drug-likeness (QED) is 0.914. The number of methoxy groups -OCH3 is 2. The van der Waals surface area contributed by atoms with E-state index in [4.69, 9.17) is 9.47 Å². The highest BCUT2D eigenvalue weighted by Crippen LogP contribution is 2.35. The zero-order valence-corrected chi connectivity index (χ0v) is 12.1. The van der Waals surface area contributed by atoms with Crippen molar-refractivity contribution in [1.82, 2.24) is 5.32 Å². The summed E-state index contributed by atoms with van der Waals surface area (Å²) in [5.74, 6) is 2.55. The van der Waals surface area contributed by atoms with Crippen molar-refractivity contribution in [3.8, 4) is 5.75 Å². The van der Waals surface area contributed by atoms with Crippen molar-refractivity contribution in [2.75, 3.05) is 20.8 Å². The molecule has 3 rings (SSSR count). The lowest BCUT2D eigenvalue weighted by molar-refractivity contribution is 0.273. The van der Waals surface area contributed by atoms with Gasteiger partial charge in [-0.1, -0.05) is 12.1 Å². The molecule has 1 aromatic rings. The van der Waals surface area contributed by atoms with Gasteiger partial charge in [-0.2, -0.15) is 0 Å². The molecule has 1 heterocycles. The Morgan fingerprint density at radius 1 is 1.05 bits per heavy atom. The maximum atomic E-state index is 5.35. The lowest BCUT2D eigenvalue weighted by Gasteiger charge is -2.30. The molecule has 0 spiro atoms. The minimum absolute atomic E-state index is 0.553. The first-order chi connectivity index (χ1) is 9.80. The minimum atomic E-state index is 0.553. The smallest absolute Gasteiger partial charge is 0.118 e. The molecule has 1 atom stereocenters. The van der Waals surface area contributed by atoms with Crippen LogP contribution in [0.3, 0.4) is 0 Å². The topological polar surface area (TPSA) is 30.5 Å². The zero-order chi connectivity index (χ0) is 13.9. The second kappa shape index (κ2) is 5.61. The normalized spacial score (nSPS) is 21.7. The van der Waals surface area contributed by atoms with Gasteiger partial charge in [0.15, 0.2) is 0 Å². The summed E-state index contributed by atoms with van der Waals surface area (Å²) in [7, 11) is 3.45. The van der Waals surface area contributed by atoms with Crippen LogP contribution in [0.1, 0.15) is 30.7 Å². The van der Waals surface area contributed by atoms with Gasteiger partial charge in [0, 0.05) is 24.6 Å². The summed E-state index contributed by atoms with van der Waals surface area (Å²) in [5.41, 5.74) is 4.18. The van der Waals surface area contributed by atoms with E-state index in [0.29, 0.717) is 5.92 Å². The van der Waals surface area contributed by atoms with E-state index >= 15 is 0 Å². The predicted octanol–water partition coefficient (Wildman–Crippen LogP) is 3.35. The van der Waals surface area contributed by atoms with Gasteiger partial charge in [-0.25, -0.2) is 0 Å². The Labute approximate surface area is 120 Å². The van der Waals surface area contributed by atoms with Crippen LogP contribution in [0.4, 0.5) is 0 Å². The SMILES string of the molecule is COC1=CC2=C(CC1)CC(c1ccc(OC)cc1)CN2. The Morgan fingerprint density at radius 3 is 2.55 bits per heavy atom. The molecule has 3 nitrogen and oxygen atoms in total. The van der Waals surface area contributed by atoms with Crippen LogP contribution >= 0.6 is 0 Å². The average Bonchev–Trinajstić information content (AvgIpc) is 2.54. The minimum Gasteiger partial charge on any atom is -0.501 e. The van der Waals surface area contributed by atoms with Crippen LogP contribution in [0.2, 0.25) is 0 Å². The van der Waals surface area contributed by atoms with Gasteiger partial charge >= 0.3 is 0 Å². The second-order valence-electron chi connectivity index (χ2n) is 5.39. The number of allylic oxidation sites excluding steroid dienone is 3. The number of rotatable bonds is 3. The van der Waals surface area contributed by atoms with E-state index in [1.165, 1.54) is 16.8 Å². The van der Waals surface area contributed by atoms with Crippen molar-refractivity contribution in [1.29, 1.82) is 0 Å². The summed E-state index contributed by atoms with van der Waals surface area (Å²) in [5, 5.41) is 3.55. The van der Waals surface area contributed by atoms with E-state index < -0.39 is 0 Å². The molecule has 0 bridgehead atoms. The fraction of sp³-hybridized carbons (Fsp3) is 0.412. The molecule has 0 saturated heterocycles. The van der Waals surface area contributed by atoms with Gasteiger partial charge in [-0.15, -0.1) is 0 Å². The predicted molar refractivity (Wildman–Crippen MR) is 79.7 cm³/mol. The van der Waals surface area contributed by atoms with Gasteiger partial charge in [0.2, 0.25) is 0 Å². The van der Waals surface area contributed by atoms with Crippen LogP contribution in [-0.4, -0.2) is 20.8 Å². The maximum absolute atomic E-state index is 5.35. The number of hydrogen-bond donors (Lipinski definition) is 1. The van der Waals surface area contributed by atoms with Crippen molar-refractivity contribution in [3.63, 3.8) is 0 Å². The van der Waals surface area contributed by atoms with E-state index in [9.17, 15) is 0 Å². The molecule has 1 aliphatic carbocycles. The molecule has 1 N–H and O–H groups in total. The molecule has 1 aliphatic heterocycles. The molecule has 0 fully saturated rings. The molecule has 20 heavy (non-hydrogen) atoms. The number of hydrogen-bond acceptors (Lipinski definition) is 3. The number of nitrogens with one attached hydrogen (secondary N) is 1. The van der Waals surface area contributed by atoms with E-state index in [1.807, 2.05) is 12.1 Å². The first-order valence-electron chi connectivity index (χ1n) is 7.14. The Kier molecular flexibility index (Phi) is 3.68. The van der Waals surface area contributed by atoms with Gasteiger partial charge in [-0.3, -0.25) is 0 Å². The summed E-state index contributed by atoms with van der Waals surface area (Å²) in [6.45, 7) is 0.985. The molecule has 1 unspecified atom stereocenters. The van der Waals surface area contributed by atoms with E-state index in [0.717, 1.165) is 37.3 Å². The van der Waals surface area contributed by atoms with Gasteiger partial charge in [-0.05, 0) is 42.2 Å². The van der Waals surface area contributed by atoms with Crippen LogP contribution in [-0.2, 0) is 4.74 Å². The fourth-order valence-electron chi connectivity index (χ4n) is 3.01. The molecule has 1 aromatic carbocycles. The third kappa shape index (κ3) is 2.53. The Hall–Kier alpha value is -1.90. The second-order valence-corrected chi connectivity index (χ2v) is 5.39. The lowest BCUT2D eigenvalue weighted by atomic mass is 9.84. The summed E-state index contributed by atoms with van der Waals surface area (Å²) < 4.78 is 10.6. The highest BCUT2D eigenvalue weighted by molar-refractivity contribution is 5.37. The highest BCUT2D eigenvalue weighted by Gasteiger charge is 2.24. The lowest BCUT2D eigenvalue weighted by Crippen LogP contribution is -2.28. The molecule has 0 aromatic heterocycles. The van der Waals surface area contributed by atoms with Crippen LogP contribution in [0.5, 0.6) is 5.75 Å². The van der Waals surface area contributed by atoms with Gasteiger partial charge in [0.1, 0.15) is 5.75 Å². The number of benzene rings is 1. The van der Waals surface area contributed by atoms with Crippen LogP contribution in [0.15, 0.2) is 47.4 Å². The molecule has 3 heteroatoms. The molecule has 0 amide bonds. The van der Waals surface area contributed by atoms with Crippen LogP contribution in [0, 0.1) is 0 Å².